The molecule has 0 bridgehead atoms. The lowest BCUT2D eigenvalue weighted by Gasteiger charge is -2.12. The maximum Gasteiger partial charge on any atom is 0.411 e. The van der Waals surface area contributed by atoms with Gasteiger partial charge in [0.1, 0.15) is 6.61 Å². The Kier molecular flexibility index (Phi) is 4.28. The van der Waals surface area contributed by atoms with Gasteiger partial charge in [-0.1, -0.05) is 30.3 Å². The number of aromatic carboxylic acids is 1. The molecule has 2 N–H and O–H groups in total. The topological polar surface area (TPSA) is 75.6 Å². The monoisotopic (exact) mass is 311 g/mol. The van der Waals surface area contributed by atoms with Crippen LogP contribution in [0.25, 0.3) is 0 Å². The molecular weight excluding hydrogens is 294 g/mol. The van der Waals surface area contributed by atoms with Crippen LogP contribution >= 0.6 is 0 Å². The molecular formula is C18H17NO4. The summed E-state index contributed by atoms with van der Waals surface area (Å²) in [6.07, 6.45) is 1.86. The summed E-state index contributed by atoms with van der Waals surface area (Å²) in [4.78, 5) is 23.2. The molecule has 0 fully saturated rings. The molecule has 0 heterocycles. The van der Waals surface area contributed by atoms with Crippen molar-refractivity contribution in [3.05, 3.63) is 64.7 Å². The molecule has 0 aromatic heterocycles. The Morgan fingerprint density at radius 3 is 2.52 bits per heavy atom. The molecule has 0 saturated heterocycles. The van der Waals surface area contributed by atoms with E-state index in [-0.39, 0.29) is 6.61 Å². The van der Waals surface area contributed by atoms with Gasteiger partial charge in [0.05, 0.1) is 5.56 Å². The average Bonchev–Trinajstić information content (AvgIpc) is 3.04. The number of carbonyl (C=O) groups excluding carboxylic acids is 1. The van der Waals surface area contributed by atoms with Crippen LogP contribution in [0.2, 0.25) is 0 Å². The summed E-state index contributed by atoms with van der Waals surface area (Å²) in [7, 11) is 0. The molecule has 0 aliphatic heterocycles. The van der Waals surface area contributed by atoms with E-state index in [0.29, 0.717) is 11.3 Å². The minimum atomic E-state index is -0.929. The summed E-state index contributed by atoms with van der Waals surface area (Å²) >= 11 is 0. The molecule has 5 nitrogen and oxygen atoms in total. The Morgan fingerprint density at radius 2 is 1.78 bits per heavy atom. The second kappa shape index (κ2) is 6.52. The lowest BCUT2D eigenvalue weighted by molar-refractivity contribution is 0.0695. The highest BCUT2D eigenvalue weighted by molar-refractivity contribution is 5.93. The molecule has 0 atom stereocenters. The number of carbonyl (C=O) groups is 2. The predicted octanol–water partition coefficient (Wildman–Crippen LogP) is 3.62. The molecule has 3 rings (SSSR count). The highest BCUT2D eigenvalue weighted by Gasteiger charge is 2.22. The number of anilines is 1. The van der Waals surface area contributed by atoms with Crippen molar-refractivity contribution in [3.63, 3.8) is 0 Å². The molecule has 1 amide bonds. The number of hydrogen-bond acceptors (Lipinski definition) is 3. The van der Waals surface area contributed by atoms with Gasteiger partial charge in [0.25, 0.3) is 0 Å². The Balaban J connectivity index is 1.70. The first-order chi connectivity index (χ1) is 11.1. The van der Waals surface area contributed by atoms with Gasteiger partial charge in [0.15, 0.2) is 0 Å². The van der Waals surface area contributed by atoms with Crippen LogP contribution in [-0.4, -0.2) is 17.2 Å². The molecule has 2 aromatic carbocycles. The van der Waals surface area contributed by atoms with Gasteiger partial charge in [-0.05, 0) is 48.1 Å². The van der Waals surface area contributed by atoms with E-state index < -0.39 is 12.1 Å². The third-order valence-electron chi connectivity index (χ3n) is 3.96. The molecule has 5 heteroatoms. The number of fused-ring (bicyclic) bond motifs is 1. The van der Waals surface area contributed by atoms with Crippen LogP contribution < -0.4 is 5.32 Å². The van der Waals surface area contributed by atoms with E-state index in [9.17, 15) is 14.7 Å². The fourth-order valence-electron chi connectivity index (χ4n) is 2.89. The predicted molar refractivity (Wildman–Crippen MR) is 85.7 cm³/mol. The SMILES string of the molecule is O=C(Nc1ccc(C(=O)O)c2c1CCC2)OCc1ccccc1. The van der Waals surface area contributed by atoms with Crippen LogP contribution in [0, 0.1) is 0 Å². The summed E-state index contributed by atoms with van der Waals surface area (Å²) in [6, 6.07) is 12.6. The number of ether oxygens (including phenoxy) is 1. The molecule has 0 spiro atoms. The van der Waals surface area contributed by atoms with Gasteiger partial charge in [-0.3, -0.25) is 5.32 Å². The van der Waals surface area contributed by atoms with E-state index in [2.05, 4.69) is 5.32 Å². The van der Waals surface area contributed by atoms with Crippen LogP contribution in [0.4, 0.5) is 10.5 Å². The number of carboxylic acids is 1. The fourth-order valence-corrected chi connectivity index (χ4v) is 2.89. The van der Waals surface area contributed by atoms with Crippen LogP contribution in [-0.2, 0) is 24.2 Å². The third-order valence-corrected chi connectivity index (χ3v) is 3.96. The zero-order valence-corrected chi connectivity index (χ0v) is 12.5. The van der Waals surface area contributed by atoms with Gasteiger partial charge in [-0.15, -0.1) is 0 Å². The van der Waals surface area contributed by atoms with Crippen LogP contribution in [0.5, 0.6) is 0 Å². The first-order valence-corrected chi connectivity index (χ1v) is 7.51. The van der Waals surface area contributed by atoms with E-state index in [1.807, 2.05) is 30.3 Å². The van der Waals surface area contributed by atoms with E-state index in [0.717, 1.165) is 36.0 Å². The van der Waals surface area contributed by atoms with Crippen LogP contribution in [0.15, 0.2) is 42.5 Å². The van der Waals surface area contributed by atoms with Gasteiger partial charge >= 0.3 is 12.1 Å². The molecule has 23 heavy (non-hydrogen) atoms. The third kappa shape index (κ3) is 3.34. The van der Waals surface area contributed by atoms with Crippen molar-refractivity contribution in [3.8, 4) is 0 Å². The Morgan fingerprint density at radius 1 is 1.04 bits per heavy atom. The maximum absolute atomic E-state index is 12.0. The molecule has 1 aliphatic rings. The summed E-state index contributed by atoms with van der Waals surface area (Å²) in [5.41, 5.74) is 3.59. The van der Waals surface area contributed by atoms with Crippen molar-refractivity contribution in [2.45, 2.75) is 25.9 Å². The van der Waals surface area contributed by atoms with Gasteiger partial charge < -0.3 is 9.84 Å². The summed E-state index contributed by atoms with van der Waals surface area (Å²) in [5.74, 6) is -0.929. The molecule has 2 aromatic rings. The van der Waals surface area contributed by atoms with Crippen molar-refractivity contribution >= 4 is 17.7 Å². The minimum absolute atomic E-state index is 0.197. The highest BCUT2D eigenvalue weighted by atomic mass is 16.5. The Bertz CT molecular complexity index is 740. The highest BCUT2D eigenvalue weighted by Crippen LogP contribution is 2.32. The van der Waals surface area contributed by atoms with Crippen molar-refractivity contribution in [2.24, 2.45) is 0 Å². The smallest absolute Gasteiger partial charge is 0.411 e. The zero-order chi connectivity index (χ0) is 16.2. The molecule has 0 unspecified atom stereocenters. The number of hydrogen-bond donors (Lipinski definition) is 2. The summed E-state index contributed by atoms with van der Waals surface area (Å²) in [5, 5.41) is 11.9. The first-order valence-electron chi connectivity index (χ1n) is 7.51. The van der Waals surface area contributed by atoms with Crippen molar-refractivity contribution in [1.29, 1.82) is 0 Å². The largest absolute Gasteiger partial charge is 0.478 e. The number of amides is 1. The van der Waals surface area contributed by atoms with Crippen LogP contribution in [0.1, 0.15) is 33.5 Å². The lowest BCUT2D eigenvalue weighted by Crippen LogP contribution is -2.15. The number of benzene rings is 2. The van der Waals surface area contributed by atoms with Gasteiger partial charge in [0, 0.05) is 5.69 Å². The molecule has 0 saturated carbocycles. The van der Waals surface area contributed by atoms with Crippen molar-refractivity contribution in [1.82, 2.24) is 0 Å². The second-order valence-electron chi connectivity index (χ2n) is 5.46. The van der Waals surface area contributed by atoms with E-state index in [1.54, 1.807) is 12.1 Å². The standard InChI is InChI=1S/C18H17NO4/c20-17(21)15-9-10-16(14-8-4-7-13(14)15)19-18(22)23-11-12-5-2-1-3-6-12/h1-3,5-6,9-10H,4,7-8,11H2,(H,19,22)(H,20,21). The summed E-state index contributed by atoms with van der Waals surface area (Å²) in [6.45, 7) is 0.197. The average molecular weight is 311 g/mol. The van der Waals surface area contributed by atoms with E-state index >= 15 is 0 Å². The van der Waals surface area contributed by atoms with E-state index in [1.165, 1.54) is 0 Å². The second-order valence-corrected chi connectivity index (χ2v) is 5.46. The molecule has 1 aliphatic carbocycles. The van der Waals surface area contributed by atoms with Gasteiger partial charge in [-0.2, -0.15) is 0 Å². The Labute approximate surface area is 133 Å². The Hall–Kier alpha value is -2.82. The number of nitrogens with one attached hydrogen (secondary N) is 1. The maximum atomic E-state index is 12.0. The lowest BCUT2D eigenvalue weighted by atomic mass is 10.0. The zero-order valence-electron chi connectivity index (χ0n) is 12.5. The van der Waals surface area contributed by atoms with Crippen LogP contribution in [0.3, 0.4) is 0 Å². The summed E-state index contributed by atoms with van der Waals surface area (Å²) < 4.78 is 5.20. The minimum Gasteiger partial charge on any atom is -0.478 e. The van der Waals surface area contributed by atoms with E-state index in [4.69, 9.17) is 4.74 Å². The van der Waals surface area contributed by atoms with Crippen molar-refractivity contribution in [2.75, 3.05) is 5.32 Å². The quantitative estimate of drug-likeness (QED) is 0.904. The fraction of sp³-hybridized carbons (Fsp3) is 0.222. The number of rotatable bonds is 4. The van der Waals surface area contributed by atoms with Gasteiger partial charge in [0.2, 0.25) is 0 Å². The normalized spacial score (nSPS) is 12.5. The molecule has 0 radical (unpaired) electrons. The number of carboxylic acid groups (broad SMARTS) is 1. The first kappa shape index (κ1) is 15.1. The molecule has 118 valence electrons. The van der Waals surface area contributed by atoms with Crippen molar-refractivity contribution < 1.29 is 19.4 Å². The van der Waals surface area contributed by atoms with Gasteiger partial charge in [-0.25, -0.2) is 9.59 Å².